The van der Waals surface area contributed by atoms with Crippen molar-refractivity contribution in [2.45, 2.75) is 13.5 Å². The van der Waals surface area contributed by atoms with E-state index in [4.69, 9.17) is 5.84 Å². The summed E-state index contributed by atoms with van der Waals surface area (Å²) in [4.78, 5) is 10.5. The second kappa shape index (κ2) is 5.99. The van der Waals surface area contributed by atoms with E-state index in [1.54, 1.807) is 0 Å². The predicted molar refractivity (Wildman–Crippen MR) is 80.8 cm³/mol. The van der Waals surface area contributed by atoms with Crippen molar-refractivity contribution in [1.82, 2.24) is 9.97 Å². The minimum Gasteiger partial charge on any atom is -0.355 e. The number of hydrogen-bond acceptors (Lipinski definition) is 5. The maximum Gasteiger partial charge on any atom is 0.148 e. The van der Waals surface area contributed by atoms with Crippen LogP contribution in [0.3, 0.4) is 0 Å². The van der Waals surface area contributed by atoms with E-state index in [0.29, 0.717) is 5.82 Å². The zero-order valence-electron chi connectivity index (χ0n) is 10.9. The zero-order chi connectivity index (χ0) is 13.8. The third-order valence-corrected chi connectivity index (χ3v) is 3.69. The molecule has 6 heteroatoms. The predicted octanol–water partition coefficient (Wildman–Crippen LogP) is 2.47. The van der Waals surface area contributed by atoms with E-state index < -0.39 is 0 Å². The van der Waals surface area contributed by atoms with E-state index >= 15 is 0 Å². The Hall–Kier alpha value is -1.66. The third-order valence-electron chi connectivity index (χ3n) is 2.92. The van der Waals surface area contributed by atoms with Crippen LogP contribution in [0, 0.1) is 6.92 Å². The molecule has 0 atom stereocenters. The summed E-state index contributed by atoms with van der Waals surface area (Å²) in [5, 5.41) is 0. The van der Waals surface area contributed by atoms with Gasteiger partial charge in [0.2, 0.25) is 0 Å². The SMILES string of the molecule is Cc1c(NN)ncnc1N(C)Cc1ccccc1Br. The molecule has 100 valence electrons. The number of nitrogen functional groups attached to an aromatic ring is 1. The summed E-state index contributed by atoms with van der Waals surface area (Å²) in [7, 11) is 2.00. The van der Waals surface area contributed by atoms with Crippen LogP contribution in [-0.2, 0) is 6.54 Å². The quantitative estimate of drug-likeness (QED) is 0.669. The molecule has 2 aromatic rings. The lowest BCUT2D eigenvalue weighted by Crippen LogP contribution is -2.21. The van der Waals surface area contributed by atoms with Gasteiger partial charge in [0.15, 0.2) is 0 Å². The van der Waals surface area contributed by atoms with Gasteiger partial charge in [-0.3, -0.25) is 0 Å². The molecule has 0 spiro atoms. The number of anilines is 2. The highest BCUT2D eigenvalue weighted by atomic mass is 79.9. The summed E-state index contributed by atoms with van der Waals surface area (Å²) in [5.41, 5.74) is 4.71. The molecule has 0 saturated carbocycles. The Morgan fingerprint density at radius 1 is 1.32 bits per heavy atom. The van der Waals surface area contributed by atoms with Crippen molar-refractivity contribution in [2.75, 3.05) is 17.4 Å². The van der Waals surface area contributed by atoms with E-state index in [1.807, 2.05) is 32.2 Å². The van der Waals surface area contributed by atoms with Crippen LogP contribution in [0.4, 0.5) is 11.6 Å². The number of hydrazine groups is 1. The summed E-state index contributed by atoms with van der Waals surface area (Å²) in [6.07, 6.45) is 1.51. The molecule has 0 amide bonds. The molecule has 3 N–H and O–H groups in total. The molecule has 0 bridgehead atoms. The fourth-order valence-corrected chi connectivity index (χ4v) is 2.34. The first-order valence-electron chi connectivity index (χ1n) is 5.86. The molecule has 0 aliphatic heterocycles. The van der Waals surface area contributed by atoms with Gasteiger partial charge in [-0.15, -0.1) is 0 Å². The van der Waals surface area contributed by atoms with Gasteiger partial charge >= 0.3 is 0 Å². The van der Waals surface area contributed by atoms with Crippen LogP contribution in [0.25, 0.3) is 0 Å². The Labute approximate surface area is 121 Å². The number of benzene rings is 1. The minimum absolute atomic E-state index is 0.643. The van der Waals surface area contributed by atoms with E-state index in [1.165, 1.54) is 11.9 Å². The Morgan fingerprint density at radius 2 is 2.05 bits per heavy atom. The molecule has 0 aliphatic rings. The van der Waals surface area contributed by atoms with E-state index in [0.717, 1.165) is 22.4 Å². The van der Waals surface area contributed by atoms with Crippen molar-refractivity contribution in [2.24, 2.45) is 5.84 Å². The molecule has 1 heterocycles. The molecule has 19 heavy (non-hydrogen) atoms. The minimum atomic E-state index is 0.643. The van der Waals surface area contributed by atoms with Crippen molar-refractivity contribution < 1.29 is 0 Å². The molecule has 0 fully saturated rings. The maximum atomic E-state index is 5.43. The lowest BCUT2D eigenvalue weighted by molar-refractivity contribution is 0.879. The van der Waals surface area contributed by atoms with Gasteiger partial charge in [0.1, 0.15) is 18.0 Å². The highest BCUT2D eigenvalue weighted by Gasteiger charge is 2.11. The number of nitrogens with two attached hydrogens (primary N) is 1. The Morgan fingerprint density at radius 3 is 2.74 bits per heavy atom. The fourth-order valence-electron chi connectivity index (χ4n) is 1.93. The van der Waals surface area contributed by atoms with Crippen LogP contribution in [0.15, 0.2) is 35.1 Å². The second-order valence-corrected chi connectivity index (χ2v) is 5.12. The molecule has 5 nitrogen and oxygen atoms in total. The summed E-state index contributed by atoms with van der Waals surface area (Å²) >= 11 is 3.55. The lowest BCUT2D eigenvalue weighted by Gasteiger charge is -2.21. The molecule has 0 radical (unpaired) electrons. The van der Waals surface area contributed by atoms with Crippen molar-refractivity contribution in [3.63, 3.8) is 0 Å². The Balaban J connectivity index is 2.26. The molecular weight excluding hydrogens is 306 g/mol. The van der Waals surface area contributed by atoms with E-state index in [9.17, 15) is 0 Å². The van der Waals surface area contributed by atoms with Crippen molar-refractivity contribution >= 4 is 27.6 Å². The van der Waals surface area contributed by atoms with E-state index in [2.05, 4.69) is 42.3 Å². The maximum absolute atomic E-state index is 5.43. The Kier molecular flexibility index (Phi) is 4.34. The number of aromatic nitrogens is 2. The van der Waals surface area contributed by atoms with Crippen LogP contribution >= 0.6 is 15.9 Å². The van der Waals surface area contributed by atoms with Crippen LogP contribution < -0.4 is 16.2 Å². The number of halogens is 1. The summed E-state index contributed by atoms with van der Waals surface area (Å²) in [5.74, 6) is 6.93. The van der Waals surface area contributed by atoms with Gasteiger partial charge in [-0.25, -0.2) is 15.8 Å². The summed E-state index contributed by atoms with van der Waals surface area (Å²) in [6.45, 7) is 2.70. The van der Waals surface area contributed by atoms with Gasteiger partial charge in [-0.1, -0.05) is 34.1 Å². The van der Waals surface area contributed by atoms with Gasteiger partial charge in [-0.2, -0.15) is 0 Å². The molecule has 2 rings (SSSR count). The average molecular weight is 322 g/mol. The van der Waals surface area contributed by atoms with Gasteiger partial charge in [0.05, 0.1) is 0 Å². The normalized spacial score (nSPS) is 10.3. The van der Waals surface area contributed by atoms with Crippen LogP contribution in [0.5, 0.6) is 0 Å². The number of rotatable bonds is 4. The molecule has 0 saturated heterocycles. The second-order valence-electron chi connectivity index (χ2n) is 4.26. The highest BCUT2D eigenvalue weighted by Crippen LogP contribution is 2.24. The van der Waals surface area contributed by atoms with Crippen LogP contribution in [0.1, 0.15) is 11.1 Å². The van der Waals surface area contributed by atoms with Crippen LogP contribution in [-0.4, -0.2) is 17.0 Å². The highest BCUT2D eigenvalue weighted by molar-refractivity contribution is 9.10. The first-order chi connectivity index (χ1) is 9.13. The van der Waals surface area contributed by atoms with Gasteiger partial charge in [-0.05, 0) is 18.6 Å². The van der Waals surface area contributed by atoms with Crippen molar-refractivity contribution in [1.29, 1.82) is 0 Å². The van der Waals surface area contributed by atoms with Gasteiger partial charge in [0.25, 0.3) is 0 Å². The standard InChI is InChI=1S/C13H16BrN5/c1-9-12(18-15)16-8-17-13(9)19(2)7-10-5-3-4-6-11(10)14/h3-6,8H,7,15H2,1-2H3,(H,16,17,18). The summed E-state index contributed by atoms with van der Waals surface area (Å²) < 4.78 is 1.09. The zero-order valence-corrected chi connectivity index (χ0v) is 12.5. The van der Waals surface area contributed by atoms with Crippen molar-refractivity contribution in [3.8, 4) is 0 Å². The van der Waals surface area contributed by atoms with E-state index in [-0.39, 0.29) is 0 Å². The van der Waals surface area contributed by atoms with Crippen molar-refractivity contribution in [3.05, 3.63) is 46.2 Å². The number of nitrogens with one attached hydrogen (secondary N) is 1. The lowest BCUT2D eigenvalue weighted by atomic mass is 10.2. The topological polar surface area (TPSA) is 67.1 Å². The molecular formula is C13H16BrN5. The van der Waals surface area contributed by atoms with Gasteiger partial charge < -0.3 is 10.3 Å². The monoisotopic (exact) mass is 321 g/mol. The largest absolute Gasteiger partial charge is 0.355 e. The molecule has 1 aromatic carbocycles. The summed E-state index contributed by atoms with van der Waals surface area (Å²) in [6, 6.07) is 8.13. The third kappa shape index (κ3) is 3.02. The van der Waals surface area contributed by atoms with Gasteiger partial charge in [0, 0.05) is 23.6 Å². The number of nitrogens with zero attached hydrogens (tertiary/aromatic N) is 3. The Bertz CT molecular complexity index is 573. The molecule has 0 unspecified atom stereocenters. The smallest absolute Gasteiger partial charge is 0.148 e. The molecule has 1 aromatic heterocycles. The van der Waals surface area contributed by atoms with Crippen LogP contribution in [0.2, 0.25) is 0 Å². The first kappa shape index (κ1) is 13.8. The first-order valence-corrected chi connectivity index (χ1v) is 6.65. The average Bonchev–Trinajstić information content (AvgIpc) is 2.41. The number of hydrogen-bond donors (Lipinski definition) is 2. The molecule has 0 aliphatic carbocycles. The fraction of sp³-hybridized carbons (Fsp3) is 0.231.